The van der Waals surface area contributed by atoms with Gasteiger partial charge in [0.1, 0.15) is 0 Å². The van der Waals surface area contributed by atoms with Gasteiger partial charge in [-0.05, 0) is 41.0 Å². The van der Waals surface area contributed by atoms with Crippen molar-refractivity contribution in [1.29, 1.82) is 0 Å². The largest absolute Gasteiger partial charge is 0.381 e. The Morgan fingerprint density at radius 3 is 2.73 bits per heavy atom. The average molecular weight is 319 g/mol. The van der Waals surface area contributed by atoms with Gasteiger partial charge in [0.15, 0.2) is 0 Å². The van der Waals surface area contributed by atoms with E-state index < -0.39 is 5.91 Å². The Morgan fingerprint density at radius 2 is 2.05 bits per heavy atom. The van der Waals surface area contributed by atoms with Gasteiger partial charge in [-0.2, -0.15) is 0 Å². The van der Waals surface area contributed by atoms with Gasteiger partial charge in [-0.3, -0.25) is 4.79 Å². The summed E-state index contributed by atoms with van der Waals surface area (Å²) in [5, 5.41) is 12.8. The molecule has 0 spiro atoms. The fourth-order valence-electron chi connectivity index (χ4n) is 2.35. The predicted octanol–water partition coefficient (Wildman–Crippen LogP) is 1.42. The number of hydrogen-bond acceptors (Lipinski definition) is 6. The number of thioether (sulfide) groups is 1. The molecule has 2 heterocycles. The second-order valence-corrected chi connectivity index (χ2v) is 6.04. The molecule has 22 heavy (non-hydrogen) atoms. The normalized spacial score (nSPS) is 15.8. The molecular formula is C14H17N5O2S. The minimum absolute atomic E-state index is 0.309. The van der Waals surface area contributed by atoms with Gasteiger partial charge >= 0.3 is 0 Å². The SMILES string of the molecule is NC(=O)c1ccc(CSc2nnnn2C2CCOCC2)cc1. The molecule has 1 aromatic carbocycles. The summed E-state index contributed by atoms with van der Waals surface area (Å²) in [6, 6.07) is 7.58. The molecule has 2 N–H and O–H groups in total. The van der Waals surface area contributed by atoms with E-state index in [1.165, 1.54) is 0 Å². The third-order valence-electron chi connectivity index (χ3n) is 3.61. The maximum atomic E-state index is 11.1. The van der Waals surface area contributed by atoms with E-state index in [1.54, 1.807) is 23.9 Å². The number of ether oxygens (including phenoxy) is 1. The number of aromatic nitrogens is 4. The van der Waals surface area contributed by atoms with E-state index in [1.807, 2.05) is 16.8 Å². The van der Waals surface area contributed by atoms with E-state index >= 15 is 0 Å². The van der Waals surface area contributed by atoms with Gasteiger partial charge < -0.3 is 10.5 Å². The van der Waals surface area contributed by atoms with Gasteiger partial charge in [0.2, 0.25) is 11.1 Å². The number of nitrogens with zero attached hydrogens (tertiary/aromatic N) is 4. The highest BCUT2D eigenvalue weighted by Crippen LogP contribution is 2.26. The number of benzene rings is 1. The van der Waals surface area contributed by atoms with E-state index in [0.717, 1.165) is 42.5 Å². The Bertz CT molecular complexity index is 637. The van der Waals surface area contributed by atoms with Gasteiger partial charge in [-0.15, -0.1) is 5.10 Å². The fraction of sp³-hybridized carbons (Fsp3) is 0.429. The van der Waals surface area contributed by atoms with Crippen molar-refractivity contribution in [2.75, 3.05) is 13.2 Å². The molecule has 0 unspecified atom stereocenters. The van der Waals surface area contributed by atoms with Crippen LogP contribution < -0.4 is 5.73 Å². The molecule has 1 aromatic heterocycles. The molecule has 2 aromatic rings. The van der Waals surface area contributed by atoms with Crippen molar-refractivity contribution in [3.63, 3.8) is 0 Å². The van der Waals surface area contributed by atoms with Crippen molar-refractivity contribution >= 4 is 17.7 Å². The van der Waals surface area contributed by atoms with E-state index in [9.17, 15) is 4.79 Å². The summed E-state index contributed by atoms with van der Waals surface area (Å²) in [6.45, 7) is 1.51. The monoisotopic (exact) mass is 319 g/mol. The van der Waals surface area contributed by atoms with Crippen molar-refractivity contribution in [1.82, 2.24) is 20.2 Å². The Balaban J connectivity index is 1.64. The van der Waals surface area contributed by atoms with Crippen LogP contribution in [0.3, 0.4) is 0 Å². The van der Waals surface area contributed by atoms with E-state index in [4.69, 9.17) is 10.5 Å². The van der Waals surface area contributed by atoms with Crippen LogP contribution in [-0.4, -0.2) is 39.3 Å². The Labute approximate surface area is 132 Å². The third kappa shape index (κ3) is 3.45. The standard InChI is InChI=1S/C14H17N5O2S/c15-13(20)11-3-1-10(2-4-11)9-22-14-16-17-18-19(14)12-5-7-21-8-6-12/h1-4,12H,5-9H2,(H2,15,20). The van der Waals surface area contributed by atoms with Gasteiger partial charge in [-0.25, -0.2) is 4.68 Å². The number of carbonyl (C=O) groups excluding carboxylic acids is 1. The molecule has 8 heteroatoms. The molecule has 0 saturated carbocycles. The first kappa shape index (κ1) is 15.0. The molecule has 1 saturated heterocycles. The van der Waals surface area contributed by atoms with Crippen LogP contribution in [0.4, 0.5) is 0 Å². The van der Waals surface area contributed by atoms with Crippen molar-refractivity contribution in [2.45, 2.75) is 29.8 Å². The maximum Gasteiger partial charge on any atom is 0.248 e. The van der Waals surface area contributed by atoms with E-state index in [-0.39, 0.29) is 0 Å². The highest BCUT2D eigenvalue weighted by atomic mass is 32.2. The van der Waals surface area contributed by atoms with Gasteiger partial charge in [-0.1, -0.05) is 23.9 Å². The van der Waals surface area contributed by atoms with Crippen molar-refractivity contribution in [2.24, 2.45) is 5.73 Å². The summed E-state index contributed by atoms with van der Waals surface area (Å²) in [5.41, 5.74) is 6.84. The number of nitrogens with two attached hydrogens (primary N) is 1. The quantitative estimate of drug-likeness (QED) is 0.837. The Hall–Kier alpha value is -1.93. The molecule has 0 radical (unpaired) electrons. The molecule has 3 rings (SSSR count). The molecule has 1 aliphatic rings. The van der Waals surface area contributed by atoms with Crippen LogP contribution in [0.1, 0.15) is 34.8 Å². The van der Waals surface area contributed by atoms with Gasteiger partial charge in [0.25, 0.3) is 0 Å². The summed E-state index contributed by atoms with van der Waals surface area (Å²) in [4.78, 5) is 11.1. The van der Waals surface area contributed by atoms with Crippen LogP contribution in [0.2, 0.25) is 0 Å². The lowest BCUT2D eigenvalue weighted by Gasteiger charge is -2.22. The maximum absolute atomic E-state index is 11.1. The van der Waals surface area contributed by atoms with Crippen molar-refractivity contribution in [3.8, 4) is 0 Å². The lowest BCUT2D eigenvalue weighted by Crippen LogP contribution is -2.21. The van der Waals surface area contributed by atoms with Crippen LogP contribution in [0.25, 0.3) is 0 Å². The molecule has 7 nitrogen and oxygen atoms in total. The number of rotatable bonds is 5. The molecule has 1 amide bonds. The molecule has 1 aliphatic heterocycles. The zero-order chi connectivity index (χ0) is 15.4. The number of primary amides is 1. The summed E-state index contributed by atoms with van der Waals surface area (Å²) in [5.74, 6) is 0.325. The average Bonchev–Trinajstić information content (AvgIpc) is 3.02. The molecule has 0 aliphatic carbocycles. The first-order valence-electron chi connectivity index (χ1n) is 7.11. The second kappa shape index (κ2) is 6.89. The molecule has 116 valence electrons. The Kier molecular flexibility index (Phi) is 4.69. The fourth-order valence-corrected chi connectivity index (χ4v) is 3.25. The number of tetrazole rings is 1. The zero-order valence-corrected chi connectivity index (χ0v) is 12.8. The lowest BCUT2D eigenvalue weighted by atomic mass is 10.1. The van der Waals surface area contributed by atoms with E-state index in [2.05, 4.69) is 15.5 Å². The highest BCUT2D eigenvalue weighted by molar-refractivity contribution is 7.98. The second-order valence-electron chi connectivity index (χ2n) is 5.10. The van der Waals surface area contributed by atoms with Crippen molar-refractivity contribution < 1.29 is 9.53 Å². The van der Waals surface area contributed by atoms with Crippen LogP contribution in [-0.2, 0) is 10.5 Å². The zero-order valence-electron chi connectivity index (χ0n) is 12.0. The summed E-state index contributed by atoms with van der Waals surface area (Å²) in [7, 11) is 0. The van der Waals surface area contributed by atoms with Gasteiger partial charge in [0.05, 0.1) is 6.04 Å². The molecule has 1 fully saturated rings. The smallest absolute Gasteiger partial charge is 0.248 e. The Morgan fingerprint density at radius 1 is 1.32 bits per heavy atom. The topological polar surface area (TPSA) is 95.9 Å². The summed E-state index contributed by atoms with van der Waals surface area (Å²) < 4.78 is 7.26. The molecular weight excluding hydrogens is 302 g/mol. The van der Waals surface area contributed by atoms with Crippen LogP contribution in [0.15, 0.2) is 29.4 Å². The highest BCUT2D eigenvalue weighted by Gasteiger charge is 2.20. The van der Waals surface area contributed by atoms with Gasteiger partial charge in [0, 0.05) is 24.5 Å². The van der Waals surface area contributed by atoms with Crippen LogP contribution >= 0.6 is 11.8 Å². The van der Waals surface area contributed by atoms with E-state index in [0.29, 0.717) is 11.6 Å². The predicted molar refractivity (Wildman–Crippen MR) is 81.4 cm³/mol. The third-order valence-corrected chi connectivity index (χ3v) is 4.61. The summed E-state index contributed by atoms with van der Waals surface area (Å²) in [6.07, 6.45) is 1.87. The molecule has 0 bridgehead atoms. The number of hydrogen-bond donors (Lipinski definition) is 1. The number of carbonyl (C=O) groups is 1. The summed E-state index contributed by atoms with van der Waals surface area (Å²) >= 11 is 1.58. The minimum Gasteiger partial charge on any atom is -0.381 e. The van der Waals surface area contributed by atoms with Crippen molar-refractivity contribution in [3.05, 3.63) is 35.4 Å². The number of amides is 1. The molecule has 0 atom stereocenters. The first-order chi connectivity index (χ1) is 10.7. The lowest BCUT2D eigenvalue weighted by molar-refractivity contribution is 0.0631. The first-order valence-corrected chi connectivity index (χ1v) is 8.10. The van der Waals surface area contributed by atoms with Crippen LogP contribution in [0.5, 0.6) is 0 Å². The minimum atomic E-state index is -0.414. The van der Waals surface area contributed by atoms with Crippen LogP contribution in [0, 0.1) is 0 Å².